The molecule has 6 heteroatoms. The van der Waals surface area contributed by atoms with Gasteiger partial charge in [0.15, 0.2) is 0 Å². The third kappa shape index (κ3) is 4.59. The van der Waals surface area contributed by atoms with Crippen LogP contribution in [0, 0.1) is 23.0 Å². The second-order valence-electron chi connectivity index (χ2n) is 5.17. The summed E-state index contributed by atoms with van der Waals surface area (Å²) in [7, 11) is 0. The Morgan fingerprint density at radius 3 is 2.65 bits per heavy atom. The monoisotopic (exact) mass is 342 g/mol. The number of amides is 1. The number of hydrogen-bond acceptors (Lipinski definition) is 3. The highest BCUT2D eigenvalue weighted by Crippen LogP contribution is 2.23. The van der Waals surface area contributed by atoms with E-state index in [0.717, 1.165) is 6.42 Å². The number of nitrogens with one attached hydrogen (secondary N) is 1. The summed E-state index contributed by atoms with van der Waals surface area (Å²) < 4.78 is 0. The van der Waals surface area contributed by atoms with Crippen molar-refractivity contribution in [2.24, 2.45) is 5.92 Å². The van der Waals surface area contributed by atoms with Crippen LogP contribution in [0.4, 0.5) is 5.69 Å². The van der Waals surface area contributed by atoms with Gasteiger partial charge in [-0.05, 0) is 25.3 Å². The van der Waals surface area contributed by atoms with Crippen LogP contribution in [0.1, 0.15) is 36.2 Å². The summed E-state index contributed by atoms with van der Waals surface area (Å²) in [5.74, 6) is 0.109. The minimum absolute atomic E-state index is 0.110. The fraction of sp³-hybridized carbons (Fsp3) is 0.500. The number of carbonyl (C=O) groups excluding carboxylic acids is 1. The number of alkyl halides is 1. The predicted molar refractivity (Wildman–Crippen MR) is 82.3 cm³/mol. The molecule has 0 saturated carbocycles. The van der Waals surface area contributed by atoms with Gasteiger partial charge in [0.25, 0.3) is 11.6 Å². The molecule has 5 nitrogen and oxygen atoms in total. The van der Waals surface area contributed by atoms with Crippen LogP contribution in [-0.2, 0) is 0 Å². The van der Waals surface area contributed by atoms with Crippen LogP contribution in [0.5, 0.6) is 0 Å². The predicted octanol–water partition coefficient (Wildman–Crippen LogP) is 3.44. The first kappa shape index (κ1) is 16.6. The maximum Gasteiger partial charge on any atom is 0.285 e. The molecule has 1 N–H and O–H groups in total. The van der Waals surface area contributed by atoms with Gasteiger partial charge in [-0.25, -0.2) is 0 Å². The third-order valence-electron chi connectivity index (χ3n) is 2.88. The van der Waals surface area contributed by atoms with Crippen molar-refractivity contribution in [1.82, 2.24) is 5.32 Å². The van der Waals surface area contributed by atoms with Gasteiger partial charge in [0.05, 0.1) is 4.92 Å². The maximum absolute atomic E-state index is 12.1. The molecule has 0 spiro atoms. The topological polar surface area (TPSA) is 72.2 Å². The van der Waals surface area contributed by atoms with Crippen LogP contribution in [-0.4, -0.2) is 22.2 Å². The number of hydrogen-bond donors (Lipinski definition) is 1. The Morgan fingerprint density at radius 2 is 2.10 bits per heavy atom. The van der Waals surface area contributed by atoms with E-state index in [9.17, 15) is 14.9 Å². The average molecular weight is 343 g/mol. The fourth-order valence-electron chi connectivity index (χ4n) is 1.98. The molecule has 1 atom stereocenters. The number of nitrogens with zero attached hydrogens (tertiary/aromatic N) is 1. The van der Waals surface area contributed by atoms with E-state index in [1.54, 1.807) is 19.1 Å². The van der Waals surface area contributed by atoms with Crippen LogP contribution in [0.2, 0.25) is 0 Å². The number of benzene rings is 1. The molecular formula is C14H19BrN2O3. The average Bonchev–Trinajstić information content (AvgIpc) is 2.34. The fourth-order valence-corrected chi connectivity index (χ4v) is 2.89. The standard InChI is InChI=1S/C14H19BrN2O3/c1-9(2)7-11(15)8-16-14(18)12-6-4-5-10(3)13(12)17(19)20/h4-6,9,11H,7-8H2,1-3H3,(H,16,18). The number of rotatable bonds is 6. The molecule has 1 amide bonds. The molecule has 0 radical (unpaired) electrons. The number of nitro benzene ring substituents is 1. The van der Waals surface area contributed by atoms with Crippen molar-refractivity contribution in [3.63, 3.8) is 0 Å². The lowest BCUT2D eigenvalue weighted by Crippen LogP contribution is -2.30. The number of halogens is 1. The number of aryl methyl sites for hydroxylation is 1. The highest BCUT2D eigenvalue weighted by Gasteiger charge is 2.22. The largest absolute Gasteiger partial charge is 0.351 e. The Morgan fingerprint density at radius 1 is 1.45 bits per heavy atom. The van der Waals surface area contributed by atoms with Crippen molar-refractivity contribution in [2.45, 2.75) is 32.0 Å². The molecule has 1 aromatic rings. The molecule has 20 heavy (non-hydrogen) atoms. The maximum atomic E-state index is 12.1. The molecule has 1 unspecified atom stereocenters. The van der Waals surface area contributed by atoms with Gasteiger partial charge < -0.3 is 5.32 Å². The van der Waals surface area contributed by atoms with E-state index in [2.05, 4.69) is 35.1 Å². The molecular weight excluding hydrogens is 324 g/mol. The van der Waals surface area contributed by atoms with Gasteiger partial charge in [0.1, 0.15) is 5.56 Å². The van der Waals surface area contributed by atoms with E-state index in [0.29, 0.717) is 18.0 Å². The van der Waals surface area contributed by atoms with Gasteiger partial charge in [-0.3, -0.25) is 14.9 Å². The number of carbonyl (C=O) groups is 1. The van der Waals surface area contributed by atoms with E-state index in [-0.39, 0.29) is 16.1 Å². The molecule has 0 aliphatic heterocycles. The van der Waals surface area contributed by atoms with Crippen LogP contribution >= 0.6 is 15.9 Å². The summed E-state index contributed by atoms with van der Waals surface area (Å²) in [6.45, 7) is 6.27. The molecule has 0 aliphatic rings. The van der Waals surface area contributed by atoms with Gasteiger partial charge in [-0.15, -0.1) is 0 Å². The minimum atomic E-state index is -0.510. The summed E-state index contributed by atoms with van der Waals surface area (Å²) in [4.78, 5) is 22.8. The van der Waals surface area contributed by atoms with Crippen molar-refractivity contribution in [3.05, 3.63) is 39.4 Å². The number of nitro groups is 1. The Labute approximate surface area is 127 Å². The first-order valence-electron chi connectivity index (χ1n) is 6.49. The van der Waals surface area contributed by atoms with Gasteiger partial charge in [-0.2, -0.15) is 0 Å². The molecule has 0 aromatic heterocycles. The zero-order valence-corrected chi connectivity index (χ0v) is 13.4. The van der Waals surface area contributed by atoms with Crippen molar-refractivity contribution in [2.75, 3.05) is 6.54 Å². The van der Waals surface area contributed by atoms with Crippen molar-refractivity contribution >= 4 is 27.5 Å². The zero-order valence-electron chi connectivity index (χ0n) is 11.9. The quantitative estimate of drug-likeness (QED) is 0.489. The normalized spacial score (nSPS) is 12.2. The molecule has 0 aliphatic carbocycles. The lowest BCUT2D eigenvalue weighted by molar-refractivity contribution is -0.385. The Bertz CT molecular complexity index is 503. The lowest BCUT2D eigenvalue weighted by atomic mass is 10.1. The first-order chi connectivity index (χ1) is 9.32. The first-order valence-corrected chi connectivity index (χ1v) is 7.40. The number of para-hydroxylation sites is 1. The Kier molecular flexibility index (Phi) is 6.13. The van der Waals surface area contributed by atoms with Gasteiger partial charge in [0.2, 0.25) is 0 Å². The molecule has 0 heterocycles. The van der Waals surface area contributed by atoms with Crippen molar-refractivity contribution in [1.29, 1.82) is 0 Å². The highest BCUT2D eigenvalue weighted by molar-refractivity contribution is 9.09. The Hall–Kier alpha value is -1.43. The summed E-state index contributed by atoms with van der Waals surface area (Å²) in [5, 5.41) is 13.8. The van der Waals surface area contributed by atoms with Gasteiger partial charge in [0, 0.05) is 16.9 Å². The second-order valence-corrected chi connectivity index (χ2v) is 6.46. The van der Waals surface area contributed by atoms with Crippen LogP contribution in [0.25, 0.3) is 0 Å². The zero-order chi connectivity index (χ0) is 15.3. The van der Waals surface area contributed by atoms with Crippen molar-refractivity contribution < 1.29 is 9.72 Å². The molecule has 0 fully saturated rings. The third-order valence-corrected chi connectivity index (χ3v) is 3.57. The molecule has 1 rings (SSSR count). The Balaban J connectivity index is 2.78. The van der Waals surface area contributed by atoms with Crippen LogP contribution in [0.3, 0.4) is 0 Å². The summed E-state index contributed by atoms with van der Waals surface area (Å²) in [5.41, 5.74) is 0.472. The molecule has 110 valence electrons. The molecule has 1 aromatic carbocycles. The van der Waals surface area contributed by atoms with E-state index < -0.39 is 10.8 Å². The van der Waals surface area contributed by atoms with Crippen LogP contribution in [0.15, 0.2) is 18.2 Å². The lowest BCUT2D eigenvalue weighted by Gasteiger charge is -2.13. The SMILES string of the molecule is Cc1cccc(C(=O)NCC(Br)CC(C)C)c1[N+](=O)[O-]. The van der Waals surface area contributed by atoms with E-state index in [4.69, 9.17) is 0 Å². The van der Waals surface area contributed by atoms with Crippen molar-refractivity contribution in [3.8, 4) is 0 Å². The summed E-state index contributed by atoms with van der Waals surface area (Å²) in [6, 6.07) is 4.75. The molecule has 0 saturated heterocycles. The van der Waals surface area contributed by atoms with E-state index in [1.807, 2.05) is 0 Å². The van der Waals surface area contributed by atoms with E-state index >= 15 is 0 Å². The summed E-state index contributed by atoms with van der Waals surface area (Å²) in [6.07, 6.45) is 0.927. The highest BCUT2D eigenvalue weighted by atomic mass is 79.9. The second kappa shape index (κ2) is 7.38. The summed E-state index contributed by atoms with van der Waals surface area (Å²) >= 11 is 3.49. The van der Waals surface area contributed by atoms with Crippen LogP contribution < -0.4 is 5.32 Å². The van der Waals surface area contributed by atoms with E-state index in [1.165, 1.54) is 6.07 Å². The smallest absolute Gasteiger partial charge is 0.285 e. The minimum Gasteiger partial charge on any atom is -0.351 e. The van der Waals surface area contributed by atoms with Gasteiger partial charge >= 0.3 is 0 Å². The molecule has 0 bridgehead atoms. The van der Waals surface area contributed by atoms with Gasteiger partial charge in [-0.1, -0.05) is 41.9 Å².